The van der Waals surface area contributed by atoms with Gasteiger partial charge in [-0.05, 0) is 55.3 Å². The van der Waals surface area contributed by atoms with Gasteiger partial charge in [0.1, 0.15) is 11.0 Å². The van der Waals surface area contributed by atoms with Crippen LogP contribution < -0.4 is 4.72 Å². The van der Waals surface area contributed by atoms with Gasteiger partial charge in [0.2, 0.25) is 10.0 Å². The third-order valence-corrected chi connectivity index (χ3v) is 8.04. The maximum atomic E-state index is 13.1. The Morgan fingerprint density at radius 3 is 2.29 bits per heavy atom. The molecule has 0 fully saturated rings. The lowest BCUT2D eigenvalue weighted by molar-refractivity contribution is 0.486. The lowest BCUT2D eigenvalue weighted by Crippen LogP contribution is -2.32. The molecule has 0 amide bonds. The molecule has 0 bridgehead atoms. The monoisotopic (exact) mass is 419 g/mol. The van der Waals surface area contributed by atoms with Crippen molar-refractivity contribution in [2.75, 3.05) is 6.54 Å². The first kappa shape index (κ1) is 20.3. The SMILES string of the molecule is Cc1ccc(C)c(S(=O)(=O)NC[C@@H](c2ccco2)S(=O)(=O)c2ccccc2)c1. The van der Waals surface area contributed by atoms with E-state index in [0.29, 0.717) is 5.56 Å². The largest absolute Gasteiger partial charge is 0.468 e. The average molecular weight is 420 g/mol. The van der Waals surface area contributed by atoms with Gasteiger partial charge in [-0.1, -0.05) is 30.3 Å². The molecule has 3 aromatic rings. The second kappa shape index (κ2) is 7.90. The highest BCUT2D eigenvalue weighted by atomic mass is 32.2. The van der Waals surface area contributed by atoms with Crippen molar-refractivity contribution in [1.82, 2.24) is 4.72 Å². The Hall–Kier alpha value is -2.42. The van der Waals surface area contributed by atoms with Crippen LogP contribution in [0.4, 0.5) is 0 Å². The Morgan fingerprint density at radius 2 is 1.64 bits per heavy atom. The van der Waals surface area contributed by atoms with Crippen LogP contribution in [-0.2, 0) is 19.9 Å². The summed E-state index contributed by atoms with van der Waals surface area (Å²) >= 11 is 0. The summed E-state index contributed by atoms with van der Waals surface area (Å²) in [4.78, 5) is 0.227. The van der Waals surface area contributed by atoms with Crippen LogP contribution >= 0.6 is 0 Å². The summed E-state index contributed by atoms with van der Waals surface area (Å²) in [6.07, 6.45) is 1.36. The molecule has 2 aromatic carbocycles. The molecule has 0 aliphatic heterocycles. The molecule has 0 unspecified atom stereocenters. The van der Waals surface area contributed by atoms with Crippen molar-refractivity contribution in [3.05, 3.63) is 83.8 Å². The van der Waals surface area contributed by atoms with E-state index in [1.54, 1.807) is 50.2 Å². The lowest BCUT2D eigenvalue weighted by Gasteiger charge is -2.17. The first-order chi connectivity index (χ1) is 13.2. The summed E-state index contributed by atoms with van der Waals surface area (Å²) in [5.41, 5.74) is 1.38. The summed E-state index contributed by atoms with van der Waals surface area (Å²) in [5.74, 6) is 0.174. The molecule has 6 nitrogen and oxygen atoms in total. The number of rotatable bonds is 7. The van der Waals surface area contributed by atoms with Crippen LogP contribution in [0.5, 0.6) is 0 Å². The zero-order valence-electron chi connectivity index (χ0n) is 15.5. The molecule has 0 saturated carbocycles. The van der Waals surface area contributed by atoms with Gasteiger partial charge in [0.25, 0.3) is 0 Å². The number of benzene rings is 2. The Balaban J connectivity index is 1.95. The number of aryl methyl sites for hydroxylation is 2. The molecule has 1 aromatic heterocycles. The van der Waals surface area contributed by atoms with Gasteiger partial charge in [-0.2, -0.15) is 0 Å². The van der Waals surface area contributed by atoms with Gasteiger partial charge in [-0.15, -0.1) is 0 Å². The van der Waals surface area contributed by atoms with E-state index < -0.39 is 25.1 Å². The normalized spacial score (nSPS) is 13.4. The van der Waals surface area contributed by atoms with Gasteiger partial charge in [0, 0.05) is 6.54 Å². The van der Waals surface area contributed by atoms with Crippen molar-refractivity contribution in [3.8, 4) is 0 Å². The number of sulfone groups is 1. The van der Waals surface area contributed by atoms with Gasteiger partial charge in [0.05, 0.1) is 16.1 Å². The third-order valence-electron chi connectivity index (χ3n) is 4.40. The van der Waals surface area contributed by atoms with Crippen molar-refractivity contribution >= 4 is 19.9 Å². The van der Waals surface area contributed by atoms with Crippen LogP contribution in [0.15, 0.2) is 81.1 Å². The van der Waals surface area contributed by atoms with Gasteiger partial charge in [0.15, 0.2) is 9.84 Å². The molecule has 1 N–H and O–H groups in total. The first-order valence-electron chi connectivity index (χ1n) is 8.61. The summed E-state index contributed by atoms with van der Waals surface area (Å²) in [6, 6.07) is 16.1. The number of furan rings is 1. The van der Waals surface area contributed by atoms with Crippen molar-refractivity contribution in [1.29, 1.82) is 0 Å². The fraction of sp³-hybridized carbons (Fsp3) is 0.200. The molecule has 0 saturated heterocycles. The number of nitrogens with one attached hydrogen (secondary N) is 1. The molecule has 0 aliphatic rings. The molecular formula is C20H21NO5S2. The number of hydrogen-bond acceptors (Lipinski definition) is 5. The van der Waals surface area contributed by atoms with Crippen molar-refractivity contribution in [2.45, 2.75) is 28.9 Å². The second-order valence-corrected chi connectivity index (χ2v) is 10.3. The quantitative estimate of drug-likeness (QED) is 0.634. The minimum absolute atomic E-state index is 0.0994. The van der Waals surface area contributed by atoms with Crippen molar-refractivity contribution < 1.29 is 21.3 Å². The molecule has 3 rings (SSSR count). The predicted molar refractivity (Wildman–Crippen MR) is 106 cm³/mol. The highest BCUT2D eigenvalue weighted by Gasteiger charge is 2.33. The van der Waals surface area contributed by atoms with E-state index >= 15 is 0 Å². The average Bonchev–Trinajstić information content (AvgIpc) is 3.18. The van der Waals surface area contributed by atoms with Crippen LogP contribution in [0.2, 0.25) is 0 Å². The summed E-state index contributed by atoms with van der Waals surface area (Å²) < 4.78 is 59.6. The van der Waals surface area contributed by atoms with Crippen LogP contribution in [0.3, 0.4) is 0 Å². The number of sulfonamides is 1. The molecule has 8 heteroatoms. The van der Waals surface area contributed by atoms with Crippen LogP contribution in [0.1, 0.15) is 22.1 Å². The molecule has 28 heavy (non-hydrogen) atoms. The van der Waals surface area contributed by atoms with E-state index in [2.05, 4.69) is 4.72 Å². The molecule has 0 spiro atoms. The standard InChI is InChI=1S/C20H21NO5S2/c1-15-10-11-16(2)19(13-15)28(24,25)21-14-20(18-9-6-12-26-18)27(22,23)17-7-4-3-5-8-17/h3-13,20-21H,14H2,1-2H3/t20-/m0/s1. The predicted octanol–water partition coefficient (Wildman–Crippen LogP) is 3.39. The van der Waals surface area contributed by atoms with Gasteiger partial charge >= 0.3 is 0 Å². The molecule has 0 aliphatic carbocycles. The minimum atomic E-state index is -3.90. The van der Waals surface area contributed by atoms with E-state index in [0.717, 1.165) is 5.56 Å². The maximum Gasteiger partial charge on any atom is 0.240 e. The fourth-order valence-corrected chi connectivity index (χ4v) is 5.96. The third kappa shape index (κ3) is 4.19. The molecule has 0 radical (unpaired) electrons. The Kier molecular flexibility index (Phi) is 5.74. The smallest absolute Gasteiger partial charge is 0.240 e. The topological polar surface area (TPSA) is 93.4 Å². The fourth-order valence-electron chi connectivity index (χ4n) is 2.87. The van der Waals surface area contributed by atoms with E-state index in [9.17, 15) is 16.8 Å². The van der Waals surface area contributed by atoms with Crippen LogP contribution in [0, 0.1) is 13.8 Å². The summed E-state index contributed by atoms with van der Waals surface area (Å²) in [5, 5.41) is -1.19. The summed E-state index contributed by atoms with van der Waals surface area (Å²) in [7, 11) is -7.77. The second-order valence-electron chi connectivity index (χ2n) is 6.48. The highest BCUT2D eigenvalue weighted by molar-refractivity contribution is 7.92. The highest BCUT2D eigenvalue weighted by Crippen LogP contribution is 2.29. The zero-order chi connectivity index (χ0) is 20.4. The Labute approximate surface area is 165 Å². The van der Waals surface area contributed by atoms with Gasteiger partial charge in [-0.25, -0.2) is 21.6 Å². The van der Waals surface area contributed by atoms with Crippen LogP contribution in [0.25, 0.3) is 0 Å². The van der Waals surface area contributed by atoms with E-state index in [-0.39, 0.29) is 22.1 Å². The van der Waals surface area contributed by atoms with E-state index in [1.165, 1.54) is 24.5 Å². The number of hydrogen-bond donors (Lipinski definition) is 1. The van der Waals surface area contributed by atoms with Gasteiger partial charge in [-0.3, -0.25) is 0 Å². The van der Waals surface area contributed by atoms with E-state index in [4.69, 9.17) is 4.42 Å². The Morgan fingerprint density at radius 1 is 0.929 bits per heavy atom. The molecule has 1 atom stereocenters. The van der Waals surface area contributed by atoms with Gasteiger partial charge < -0.3 is 4.42 Å². The van der Waals surface area contributed by atoms with Crippen molar-refractivity contribution in [2.24, 2.45) is 0 Å². The molecule has 1 heterocycles. The molecule has 148 valence electrons. The minimum Gasteiger partial charge on any atom is -0.468 e. The van der Waals surface area contributed by atoms with Crippen LogP contribution in [-0.4, -0.2) is 23.4 Å². The lowest BCUT2D eigenvalue weighted by atomic mass is 10.2. The first-order valence-corrected chi connectivity index (χ1v) is 11.6. The summed E-state index contributed by atoms with van der Waals surface area (Å²) in [6.45, 7) is 3.14. The van der Waals surface area contributed by atoms with Crippen molar-refractivity contribution in [3.63, 3.8) is 0 Å². The Bertz CT molecular complexity index is 1150. The zero-order valence-corrected chi connectivity index (χ0v) is 17.1. The maximum absolute atomic E-state index is 13.1. The van der Waals surface area contributed by atoms with E-state index in [1.807, 2.05) is 6.07 Å². The molecular weight excluding hydrogens is 398 g/mol.